The summed E-state index contributed by atoms with van der Waals surface area (Å²) in [6.45, 7) is 12.0. The number of rotatable bonds is 10. The van der Waals surface area contributed by atoms with Gasteiger partial charge in [0.05, 0.1) is 12.5 Å². The van der Waals surface area contributed by atoms with Gasteiger partial charge in [-0.05, 0) is 69.9 Å². The molecular weight excluding hydrogens is 606 g/mol. The Morgan fingerprint density at radius 1 is 1.02 bits per heavy atom. The quantitative estimate of drug-likeness (QED) is 0.297. The number of hydrogen-bond acceptors (Lipinski definition) is 7. The molecule has 0 saturated carbocycles. The number of aryl methyl sites for hydroxylation is 1. The first-order valence-electron chi connectivity index (χ1n) is 16.2. The molecule has 1 fully saturated rings. The smallest absolute Gasteiger partial charge is 0.410 e. The van der Waals surface area contributed by atoms with Gasteiger partial charge in [0.25, 0.3) is 0 Å². The minimum absolute atomic E-state index is 0.00714. The lowest BCUT2D eigenvalue weighted by molar-refractivity contribution is -0.144. The topological polar surface area (TPSA) is 174 Å². The first kappa shape index (κ1) is 37.3. The number of likely N-dealkylation sites (N-methyl/N-ethyl adjacent to an activating group) is 1. The molecule has 0 bridgehead atoms. The number of ether oxygens (including phenoxy) is 1. The lowest BCUT2D eigenvalue weighted by atomic mass is 9.85. The number of amides is 5. The summed E-state index contributed by atoms with van der Waals surface area (Å²) < 4.78 is 5.39. The zero-order valence-corrected chi connectivity index (χ0v) is 28.8. The molecule has 5 amide bonds. The predicted octanol–water partition coefficient (Wildman–Crippen LogP) is 2.92. The van der Waals surface area contributed by atoms with Crippen molar-refractivity contribution >= 4 is 35.7 Å². The van der Waals surface area contributed by atoms with Crippen LogP contribution in [-0.2, 0) is 35.1 Å². The average molecular weight is 658 g/mol. The number of fused-ring (bicyclic) bond motifs is 1. The summed E-state index contributed by atoms with van der Waals surface area (Å²) in [5.74, 6) is -3.07. The summed E-state index contributed by atoms with van der Waals surface area (Å²) >= 11 is 0. The number of carboxylic acid groups (broad SMARTS) is 1. The zero-order chi connectivity index (χ0) is 35.3. The Kier molecular flexibility index (Phi) is 12.0. The SMILES string of the molecule is CC(C(=O)NC(C(=O)N1C[C@@H](NC(=O)CCC(=O)O)C[C@H]1C(=O)N[C@@H]1CCCc2ccccc21)C(C)(C)C)N(C)C(=O)OC(C)(C)C. The van der Waals surface area contributed by atoms with Crippen LogP contribution in [0.3, 0.4) is 0 Å². The van der Waals surface area contributed by atoms with Crippen molar-refractivity contribution in [3.8, 4) is 0 Å². The Morgan fingerprint density at radius 3 is 2.30 bits per heavy atom. The van der Waals surface area contributed by atoms with E-state index in [-0.39, 0.29) is 37.8 Å². The van der Waals surface area contributed by atoms with E-state index < -0.39 is 65.0 Å². The van der Waals surface area contributed by atoms with Gasteiger partial charge in [-0.1, -0.05) is 45.0 Å². The Hall–Kier alpha value is -4.16. The second-order valence-electron chi connectivity index (χ2n) is 14.6. The van der Waals surface area contributed by atoms with Crippen LogP contribution in [0.15, 0.2) is 24.3 Å². The number of carbonyl (C=O) groups is 6. The van der Waals surface area contributed by atoms with Gasteiger partial charge in [0.1, 0.15) is 23.7 Å². The molecule has 13 heteroatoms. The monoisotopic (exact) mass is 657 g/mol. The summed E-state index contributed by atoms with van der Waals surface area (Å²) in [5, 5.41) is 17.7. The lowest BCUT2D eigenvalue weighted by Crippen LogP contribution is -2.60. The van der Waals surface area contributed by atoms with Gasteiger partial charge in [0.2, 0.25) is 23.6 Å². The van der Waals surface area contributed by atoms with Crippen molar-refractivity contribution in [1.29, 1.82) is 0 Å². The van der Waals surface area contributed by atoms with Gasteiger partial charge in [-0.3, -0.25) is 28.9 Å². The highest BCUT2D eigenvalue weighted by molar-refractivity contribution is 5.95. The highest BCUT2D eigenvalue weighted by atomic mass is 16.6. The third kappa shape index (κ3) is 10.2. The number of carboxylic acids is 1. The van der Waals surface area contributed by atoms with Crippen molar-refractivity contribution in [1.82, 2.24) is 25.8 Å². The Labute approximate surface area is 277 Å². The highest BCUT2D eigenvalue weighted by Gasteiger charge is 2.46. The van der Waals surface area contributed by atoms with Crippen LogP contribution in [0.25, 0.3) is 0 Å². The molecule has 1 aliphatic heterocycles. The predicted molar refractivity (Wildman–Crippen MR) is 174 cm³/mol. The molecule has 47 heavy (non-hydrogen) atoms. The van der Waals surface area contributed by atoms with Crippen LogP contribution in [0.2, 0.25) is 0 Å². The first-order valence-corrected chi connectivity index (χ1v) is 16.2. The molecule has 260 valence electrons. The molecule has 1 aromatic rings. The molecule has 4 N–H and O–H groups in total. The van der Waals surface area contributed by atoms with Crippen molar-refractivity contribution < 1.29 is 38.6 Å². The van der Waals surface area contributed by atoms with E-state index in [1.165, 1.54) is 18.9 Å². The van der Waals surface area contributed by atoms with E-state index in [9.17, 15) is 28.8 Å². The minimum Gasteiger partial charge on any atom is -0.481 e. The maximum Gasteiger partial charge on any atom is 0.410 e. The van der Waals surface area contributed by atoms with Crippen molar-refractivity contribution in [2.24, 2.45) is 5.41 Å². The molecule has 0 aromatic heterocycles. The van der Waals surface area contributed by atoms with Crippen molar-refractivity contribution in [2.45, 2.75) is 123 Å². The fourth-order valence-corrected chi connectivity index (χ4v) is 5.87. The number of nitrogens with zero attached hydrogens (tertiary/aromatic N) is 2. The minimum atomic E-state index is -1.11. The van der Waals surface area contributed by atoms with E-state index in [4.69, 9.17) is 9.84 Å². The first-order chi connectivity index (χ1) is 21.8. The molecule has 0 radical (unpaired) electrons. The van der Waals surface area contributed by atoms with Crippen LogP contribution in [0, 0.1) is 5.41 Å². The Morgan fingerprint density at radius 2 is 1.68 bits per heavy atom. The fraction of sp³-hybridized carbons (Fsp3) is 0.647. The summed E-state index contributed by atoms with van der Waals surface area (Å²) in [6, 6.07) is 4.05. The van der Waals surface area contributed by atoms with Crippen molar-refractivity contribution in [3.63, 3.8) is 0 Å². The molecule has 0 spiro atoms. The van der Waals surface area contributed by atoms with E-state index in [0.717, 1.165) is 35.3 Å². The maximum atomic E-state index is 14.3. The fourth-order valence-electron chi connectivity index (χ4n) is 5.87. The van der Waals surface area contributed by atoms with Crippen LogP contribution < -0.4 is 16.0 Å². The van der Waals surface area contributed by atoms with Gasteiger partial charge >= 0.3 is 12.1 Å². The van der Waals surface area contributed by atoms with Gasteiger partial charge in [-0.25, -0.2) is 4.79 Å². The third-order valence-corrected chi connectivity index (χ3v) is 8.55. The largest absolute Gasteiger partial charge is 0.481 e. The molecule has 2 unspecified atom stereocenters. The molecule has 1 heterocycles. The molecular formula is C34H51N5O8. The highest BCUT2D eigenvalue weighted by Crippen LogP contribution is 2.31. The molecule has 1 saturated heterocycles. The second kappa shape index (κ2) is 15.2. The normalized spacial score (nSPS) is 20.7. The van der Waals surface area contributed by atoms with Gasteiger partial charge in [-0.15, -0.1) is 0 Å². The standard InChI is InChI=1S/C34H51N5O8/c1-20(38(8)32(46)47-34(5,6)7)29(43)37-28(33(2,3)4)31(45)39-19-22(35-26(40)16-17-27(41)42)18-25(39)30(44)36-24-15-11-13-21-12-9-10-14-23(21)24/h9-10,12,14,20,22,24-25,28H,11,13,15-19H2,1-8H3,(H,35,40)(H,36,44)(H,37,43)(H,41,42)/t20?,22-,24+,25-,28?/m0/s1. The van der Waals surface area contributed by atoms with Gasteiger partial charge in [0.15, 0.2) is 0 Å². The molecule has 1 aromatic carbocycles. The van der Waals surface area contributed by atoms with Crippen LogP contribution in [0.1, 0.15) is 97.7 Å². The van der Waals surface area contributed by atoms with Crippen molar-refractivity contribution in [3.05, 3.63) is 35.4 Å². The number of carbonyl (C=O) groups excluding carboxylic acids is 5. The summed E-state index contributed by atoms with van der Waals surface area (Å²) in [4.78, 5) is 80.4. The zero-order valence-electron chi connectivity index (χ0n) is 28.8. The van der Waals surface area contributed by atoms with Crippen molar-refractivity contribution in [2.75, 3.05) is 13.6 Å². The summed E-state index contributed by atoms with van der Waals surface area (Å²) in [6.07, 6.45) is 1.39. The lowest BCUT2D eigenvalue weighted by Gasteiger charge is -2.37. The molecule has 13 nitrogen and oxygen atoms in total. The second-order valence-corrected chi connectivity index (χ2v) is 14.6. The van der Waals surface area contributed by atoms with Gasteiger partial charge in [-0.2, -0.15) is 0 Å². The van der Waals surface area contributed by atoms with E-state index in [2.05, 4.69) is 16.0 Å². The van der Waals surface area contributed by atoms with E-state index in [1.807, 2.05) is 24.3 Å². The van der Waals surface area contributed by atoms with Crippen LogP contribution >= 0.6 is 0 Å². The van der Waals surface area contributed by atoms with E-state index in [0.29, 0.717) is 0 Å². The number of nitrogens with one attached hydrogen (secondary N) is 3. The van der Waals surface area contributed by atoms with Gasteiger partial charge < -0.3 is 30.7 Å². The molecule has 3 rings (SSSR count). The Bertz CT molecular complexity index is 1350. The van der Waals surface area contributed by atoms with E-state index >= 15 is 0 Å². The number of aliphatic carboxylic acids is 1. The van der Waals surface area contributed by atoms with Crippen LogP contribution in [-0.4, -0.2) is 94.0 Å². The number of benzene rings is 1. The summed E-state index contributed by atoms with van der Waals surface area (Å²) in [5.41, 5.74) is 0.622. The number of likely N-dealkylation sites (tertiary alicyclic amines) is 1. The Balaban J connectivity index is 1.85. The molecule has 1 aliphatic carbocycles. The molecule has 5 atom stereocenters. The third-order valence-electron chi connectivity index (χ3n) is 8.55. The van der Waals surface area contributed by atoms with Gasteiger partial charge in [0, 0.05) is 26.1 Å². The van der Waals surface area contributed by atoms with Crippen LogP contribution in [0.4, 0.5) is 4.79 Å². The average Bonchev–Trinajstić information content (AvgIpc) is 3.40. The van der Waals surface area contributed by atoms with Crippen LogP contribution in [0.5, 0.6) is 0 Å². The maximum absolute atomic E-state index is 14.3. The summed E-state index contributed by atoms with van der Waals surface area (Å²) in [7, 11) is 1.44. The molecule has 2 aliphatic rings. The number of hydrogen-bond donors (Lipinski definition) is 4. The van der Waals surface area contributed by atoms with E-state index in [1.54, 1.807) is 41.5 Å².